The average molecular weight is 555 g/mol. The molecule has 3 heterocycles. The highest BCUT2D eigenvalue weighted by Gasteiger charge is 2.56. The number of hydrogen-bond donors (Lipinski definition) is 1. The molecule has 0 amide bonds. The first-order valence-electron chi connectivity index (χ1n) is 13.8. The highest BCUT2D eigenvalue weighted by atomic mass is 79.9. The fourth-order valence-electron chi connectivity index (χ4n) is 9.71. The van der Waals surface area contributed by atoms with Crippen molar-refractivity contribution in [3.8, 4) is 5.75 Å². The van der Waals surface area contributed by atoms with Crippen LogP contribution in [0.3, 0.4) is 0 Å². The van der Waals surface area contributed by atoms with Gasteiger partial charge in [0.2, 0.25) is 0 Å². The Morgan fingerprint density at radius 3 is 2.29 bits per heavy atom. The van der Waals surface area contributed by atoms with Crippen LogP contribution in [-0.4, -0.2) is 33.9 Å². The molecule has 2 aromatic heterocycles. The Kier molecular flexibility index (Phi) is 5.71. The summed E-state index contributed by atoms with van der Waals surface area (Å²) in [5.74, 6) is 5.53. The van der Waals surface area contributed by atoms with Crippen LogP contribution in [0.15, 0.2) is 24.4 Å². The van der Waals surface area contributed by atoms with Gasteiger partial charge in [0.1, 0.15) is 11.4 Å². The molecule has 0 saturated heterocycles. The Bertz CT molecular complexity index is 1150. The molecule has 4 fully saturated rings. The SMILES string of the molecule is CC(C)[Si](C(C)C)(C(C)C)n1ccc2c3c(cnc21)OB(O)C=C3C1C2CC3CC1CC(Br)(C3)C2. The zero-order valence-electron chi connectivity index (χ0n) is 22.1. The van der Waals surface area contributed by atoms with Crippen molar-refractivity contribution in [3.63, 3.8) is 0 Å². The topological polar surface area (TPSA) is 47.3 Å². The molecule has 4 bridgehead atoms. The van der Waals surface area contributed by atoms with Crippen LogP contribution in [0.1, 0.15) is 79.2 Å². The number of nitrogens with zero attached hydrogens (tertiary/aromatic N) is 2. The molecule has 0 aromatic carbocycles. The fraction of sp³-hybridized carbons (Fsp3) is 0.679. The van der Waals surface area contributed by atoms with Crippen LogP contribution in [0.25, 0.3) is 16.6 Å². The summed E-state index contributed by atoms with van der Waals surface area (Å²) in [5.41, 5.74) is 5.45. The van der Waals surface area contributed by atoms with Crippen molar-refractivity contribution >= 4 is 47.9 Å². The van der Waals surface area contributed by atoms with Crippen molar-refractivity contribution in [2.45, 2.75) is 94.6 Å². The molecule has 7 rings (SSSR count). The van der Waals surface area contributed by atoms with E-state index in [1.807, 2.05) is 12.2 Å². The van der Waals surface area contributed by atoms with Crippen molar-refractivity contribution in [1.29, 1.82) is 0 Å². The Morgan fingerprint density at radius 2 is 1.71 bits per heavy atom. The van der Waals surface area contributed by atoms with Crippen molar-refractivity contribution in [1.82, 2.24) is 9.22 Å². The maximum Gasteiger partial charge on any atom is 0.552 e. The molecular weight excluding hydrogens is 515 g/mol. The predicted octanol–water partition coefficient (Wildman–Crippen LogP) is 7.45. The zero-order chi connectivity index (χ0) is 24.9. The van der Waals surface area contributed by atoms with Gasteiger partial charge >= 0.3 is 7.12 Å². The van der Waals surface area contributed by atoms with E-state index in [4.69, 9.17) is 9.64 Å². The zero-order valence-corrected chi connectivity index (χ0v) is 24.7. The second kappa shape index (κ2) is 8.23. The van der Waals surface area contributed by atoms with Gasteiger partial charge < -0.3 is 13.9 Å². The average Bonchev–Trinajstić information content (AvgIpc) is 3.15. The maximum absolute atomic E-state index is 10.7. The van der Waals surface area contributed by atoms with Crippen molar-refractivity contribution < 1.29 is 9.68 Å². The van der Waals surface area contributed by atoms with Crippen LogP contribution in [0, 0.1) is 23.7 Å². The van der Waals surface area contributed by atoms with Gasteiger partial charge in [-0.05, 0) is 96.2 Å². The van der Waals surface area contributed by atoms with Gasteiger partial charge in [0, 0.05) is 15.3 Å². The Balaban J connectivity index is 1.52. The van der Waals surface area contributed by atoms with Crippen LogP contribution in [0.2, 0.25) is 16.6 Å². The third-order valence-corrected chi connectivity index (χ3v) is 18.0. The number of aromatic nitrogens is 2. The third kappa shape index (κ3) is 3.43. The van der Waals surface area contributed by atoms with Crippen LogP contribution in [-0.2, 0) is 0 Å². The van der Waals surface area contributed by atoms with Gasteiger partial charge in [-0.3, -0.25) is 0 Å². The number of rotatable bonds is 5. The largest absolute Gasteiger partial charge is 0.552 e. The summed E-state index contributed by atoms with van der Waals surface area (Å²) in [6, 6.07) is 2.30. The summed E-state index contributed by atoms with van der Waals surface area (Å²) in [5, 5.41) is 11.9. The summed E-state index contributed by atoms with van der Waals surface area (Å²) in [4.78, 5) is 5.01. The lowest BCUT2D eigenvalue weighted by molar-refractivity contribution is 0.00742. The normalized spacial score (nSPS) is 32.1. The molecule has 35 heavy (non-hydrogen) atoms. The number of pyridine rings is 1. The summed E-state index contributed by atoms with van der Waals surface area (Å²) in [6.07, 6.45) is 10.7. The molecule has 4 aliphatic carbocycles. The van der Waals surface area contributed by atoms with Gasteiger partial charge in [-0.2, -0.15) is 0 Å². The van der Waals surface area contributed by atoms with E-state index in [9.17, 15) is 5.02 Å². The van der Waals surface area contributed by atoms with Crippen molar-refractivity contribution in [2.75, 3.05) is 0 Å². The molecular formula is C28H40BBrN2O2Si. The molecule has 4 nitrogen and oxygen atoms in total. The van der Waals surface area contributed by atoms with Crippen LogP contribution < -0.4 is 4.65 Å². The Labute approximate surface area is 220 Å². The molecule has 2 aromatic rings. The molecule has 4 saturated carbocycles. The quantitative estimate of drug-likeness (QED) is 0.308. The fourth-order valence-corrected chi connectivity index (χ4v) is 17.6. The van der Waals surface area contributed by atoms with Crippen molar-refractivity contribution in [2.24, 2.45) is 23.7 Å². The molecule has 2 unspecified atom stereocenters. The number of hydrogen-bond acceptors (Lipinski definition) is 3. The number of allylic oxidation sites excluding steroid dienone is 1. The van der Waals surface area contributed by atoms with E-state index in [0.717, 1.165) is 17.3 Å². The lowest BCUT2D eigenvalue weighted by atomic mass is 9.49. The lowest BCUT2D eigenvalue weighted by Crippen LogP contribution is -2.52. The van der Waals surface area contributed by atoms with E-state index in [1.54, 1.807) is 0 Å². The standard InChI is InChI=1S/C28H40BBrN2O2Si/c1-16(2)35(17(3)4,18(5)6)32-8-7-22-26-23(14-29(33)34-24(26)15-31-27(22)32)25-20-9-19-10-21(25)13-28(30,11-19)12-20/h7-8,14-21,25,33H,9-13H2,1-6H3. The molecule has 0 spiro atoms. The van der Waals surface area contributed by atoms with Gasteiger partial charge in [-0.15, -0.1) is 0 Å². The molecule has 0 radical (unpaired) electrons. The lowest BCUT2D eigenvalue weighted by Gasteiger charge is -2.59. The second-order valence-corrected chi connectivity index (χ2v) is 20.5. The van der Waals surface area contributed by atoms with Crippen LogP contribution in [0.5, 0.6) is 5.75 Å². The van der Waals surface area contributed by atoms with E-state index in [1.165, 1.54) is 48.6 Å². The molecule has 1 aliphatic heterocycles. The summed E-state index contributed by atoms with van der Waals surface area (Å²) in [6.45, 7) is 14.5. The van der Waals surface area contributed by atoms with E-state index in [0.29, 0.717) is 38.7 Å². The van der Waals surface area contributed by atoms with Gasteiger partial charge in [0.25, 0.3) is 0 Å². The Morgan fingerprint density at radius 1 is 1.09 bits per heavy atom. The molecule has 2 atom stereocenters. The minimum Gasteiger partial charge on any atom is -0.531 e. The van der Waals surface area contributed by atoms with E-state index in [2.05, 4.69) is 74.0 Å². The van der Waals surface area contributed by atoms with Gasteiger partial charge in [0.15, 0.2) is 8.24 Å². The van der Waals surface area contributed by atoms with Gasteiger partial charge in [-0.25, -0.2) is 4.98 Å². The number of halogens is 1. The summed E-state index contributed by atoms with van der Waals surface area (Å²) >= 11 is 4.16. The predicted molar refractivity (Wildman–Crippen MR) is 151 cm³/mol. The highest BCUT2D eigenvalue weighted by Crippen LogP contribution is 2.64. The van der Waals surface area contributed by atoms with Crippen LogP contribution >= 0.6 is 15.9 Å². The van der Waals surface area contributed by atoms with E-state index in [-0.39, 0.29) is 0 Å². The smallest absolute Gasteiger partial charge is 0.531 e. The van der Waals surface area contributed by atoms with Gasteiger partial charge in [-0.1, -0.05) is 57.5 Å². The van der Waals surface area contributed by atoms with Gasteiger partial charge in [0.05, 0.1) is 6.20 Å². The monoisotopic (exact) mass is 554 g/mol. The Hall–Kier alpha value is -1.05. The number of fused-ring (bicyclic) bond motifs is 3. The first-order chi connectivity index (χ1) is 16.5. The molecule has 1 N–H and O–H groups in total. The minimum absolute atomic E-state index is 0.348. The molecule has 5 aliphatic rings. The number of alkyl halides is 1. The first kappa shape index (κ1) is 24.3. The third-order valence-electron chi connectivity index (χ3n) is 10.3. The van der Waals surface area contributed by atoms with Crippen LogP contribution in [0.4, 0.5) is 0 Å². The van der Waals surface area contributed by atoms with E-state index < -0.39 is 15.4 Å². The minimum atomic E-state index is -1.93. The summed E-state index contributed by atoms with van der Waals surface area (Å²) in [7, 11) is -2.82. The highest BCUT2D eigenvalue weighted by molar-refractivity contribution is 9.10. The summed E-state index contributed by atoms with van der Waals surface area (Å²) < 4.78 is 8.93. The first-order valence-corrected chi connectivity index (χ1v) is 16.8. The van der Waals surface area contributed by atoms with Crippen molar-refractivity contribution in [3.05, 3.63) is 30.0 Å². The molecule has 7 heteroatoms. The van der Waals surface area contributed by atoms with E-state index >= 15 is 0 Å². The maximum atomic E-state index is 10.7. The second-order valence-electron chi connectivity index (χ2n) is 13.0. The molecule has 188 valence electrons.